The van der Waals surface area contributed by atoms with E-state index in [1.807, 2.05) is 30.3 Å². The molecule has 5 rings (SSSR count). The second-order valence-electron chi connectivity index (χ2n) is 7.82. The van der Waals surface area contributed by atoms with Gasteiger partial charge in [0.15, 0.2) is 5.65 Å². The molecule has 0 aliphatic heterocycles. The summed E-state index contributed by atoms with van der Waals surface area (Å²) in [6, 6.07) is 20.8. The predicted molar refractivity (Wildman–Crippen MR) is 132 cm³/mol. The van der Waals surface area contributed by atoms with Crippen LogP contribution in [0, 0.1) is 5.82 Å². The van der Waals surface area contributed by atoms with E-state index >= 15 is 0 Å². The van der Waals surface area contributed by atoms with Crippen LogP contribution in [0.3, 0.4) is 0 Å². The molecule has 0 saturated carbocycles. The van der Waals surface area contributed by atoms with E-state index in [4.69, 9.17) is 15.5 Å². The molecule has 34 heavy (non-hydrogen) atoms. The Hall–Kier alpha value is -4.46. The van der Waals surface area contributed by atoms with E-state index in [0.717, 1.165) is 11.3 Å². The average Bonchev–Trinajstić information content (AvgIpc) is 3.01. The van der Waals surface area contributed by atoms with Crippen LogP contribution in [0.1, 0.15) is 5.56 Å². The number of nitrogen functional groups attached to an aromatic ring is 1. The second kappa shape index (κ2) is 8.82. The van der Waals surface area contributed by atoms with E-state index in [-0.39, 0.29) is 11.4 Å². The lowest BCUT2D eigenvalue weighted by Gasteiger charge is -2.10. The van der Waals surface area contributed by atoms with Gasteiger partial charge in [0.2, 0.25) is 0 Å². The van der Waals surface area contributed by atoms with E-state index in [1.54, 1.807) is 42.0 Å². The highest BCUT2D eigenvalue weighted by atomic mass is 19.1. The highest BCUT2D eigenvalue weighted by Crippen LogP contribution is 2.34. The summed E-state index contributed by atoms with van der Waals surface area (Å²) >= 11 is 0. The summed E-state index contributed by atoms with van der Waals surface area (Å²) in [7, 11) is 1.60. The highest BCUT2D eigenvalue weighted by Gasteiger charge is 2.19. The van der Waals surface area contributed by atoms with Crippen molar-refractivity contribution in [3.8, 4) is 11.4 Å². The second-order valence-corrected chi connectivity index (χ2v) is 7.82. The van der Waals surface area contributed by atoms with Crippen molar-refractivity contribution in [2.45, 2.75) is 6.42 Å². The van der Waals surface area contributed by atoms with Crippen molar-refractivity contribution < 1.29 is 9.13 Å². The Kier molecular flexibility index (Phi) is 5.55. The van der Waals surface area contributed by atoms with E-state index < -0.39 is 0 Å². The van der Waals surface area contributed by atoms with Crippen LogP contribution in [0.5, 0.6) is 5.75 Å². The summed E-state index contributed by atoms with van der Waals surface area (Å²) in [6.45, 7) is 0.506. The molecule has 8 heteroatoms. The van der Waals surface area contributed by atoms with Crippen LogP contribution in [-0.2, 0) is 6.42 Å². The van der Waals surface area contributed by atoms with Gasteiger partial charge in [0.1, 0.15) is 28.6 Å². The number of para-hydroxylation sites is 1. The van der Waals surface area contributed by atoms with Gasteiger partial charge in [0.05, 0.1) is 18.0 Å². The molecule has 0 spiro atoms. The molecule has 0 saturated heterocycles. The van der Waals surface area contributed by atoms with Crippen LogP contribution in [0.25, 0.3) is 27.8 Å². The van der Waals surface area contributed by atoms with Gasteiger partial charge in [-0.2, -0.15) is 0 Å². The number of ether oxygens (including phenoxy) is 1. The molecule has 0 atom stereocenters. The van der Waals surface area contributed by atoms with Gasteiger partial charge in [-0.1, -0.05) is 24.3 Å². The maximum absolute atomic E-state index is 13.2. The molecule has 0 radical (unpaired) electrons. The number of aromatic nitrogens is 3. The van der Waals surface area contributed by atoms with Gasteiger partial charge in [0.25, 0.3) is 5.56 Å². The Labute approximate surface area is 194 Å². The zero-order valence-corrected chi connectivity index (χ0v) is 18.5. The van der Waals surface area contributed by atoms with Crippen LogP contribution in [0.4, 0.5) is 15.9 Å². The van der Waals surface area contributed by atoms with Crippen molar-refractivity contribution in [1.29, 1.82) is 0 Å². The van der Waals surface area contributed by atoms with Gasteiger partial charge in [0, 0.05) is 12.2 Å². The van der Waals surface area contributed by atoms with Gasteiger partial charge in [-0.3, -0.25) is 9.36 Å². The molecular weight excluding hydrogens is 433 g/mol. The molecule has 0 bridgehead atoms. The molecule has 0 amide bonds. The minimum absolute atomic E-state index is 0.277. The maximum atomic E-state index is 13.2. The summed E-state index contributed by atoms with van der Waals surface area (Å²) in [5, 5.41) is 3.75. The number of fused-ring (bicyclic) bond motifs is 2. The number of hydrogen-bond donors (Lipinski definition) is 2. The number of anilines is 2. The van der Waals surface area contributed by atoms with Crippen LogP contribution >= 0.6 is 0 Å². The molecule has 3 aromatic carbocycles. The average molecular weight is 455 g/mol. The van der Waals surface area contributed by atoms with Gasteiger partial charge in [-0.05, 0) is 60.5 Å². The summed E-state index contributed by atoms with van der Waals surface area (Å²) in [4.78, 5) is 22.1. The number of hydrogen-bond acceptors (Lipinski definition) is 6. The normalized spacial score (nSPS) is 11.1. The molecule has 7 nitrogen and oxygen atoms in total. The first kappa shape index (κ1) is 21.4. The topological polar surface area (TPSA) is 95.1 Å². The van der Waals surface area contributed by atoms with Gasteiger partial charge in [-0.15, -0.1) is 0 Å². The molecule has 3 N–H and O–H groups in total. The van der Waals surface area contributed by atoms with Crippen molar-refractivity contribution in [2.75, 3.05) is 24.7 Å². The third-order valence-electron chi connectivity index (χ3n) is 5.69. The van der Waals surface area contributed by atoms with Crippen LogP contribution in [0.15, 0.2) is 77.6 Å². The SMILES string of the molecule is COc1ccc(-n2c(N)c(NCCc3ccc(F)cc3)c3nc(=O)c4ccccc4nc32)cc1. The lowest BCUT2D eigenvalue weighted by molar-refractivity contribution is 0.415. The Balaban J connectivity index is 1.65. The molecule has 0 unspecified atom stereocenters. The summed E-state index contributed by atoms with van der Waals surface area (Å²) < 4.78 is 20.3. The fraction of sp³-hybridized carbons (Fsp3) is 0.115. The molecule has 170 valence electrons. The largest absolute Gasteiger partial charge is 0.497 e. The van der Waals surface area contributed by atoms with Crippen molar-refractivity contribution in [3.05, 3.63) is 94.5 Å². The van der Waals surface area contributed by atoms with E-state index in [0.29, 0.717) is 52.3 Å². The van der Waals surface area contributed by atoms with Crippen molar-refractivity contribution in [3.63, 3.8) is 0 Å². The van der Waals surface area contributed by atoms with E-state index in [1.165, 1.54) is 12.1 Å². The smallest absolute Gasteiger partial charge is 0.279 e. The first-order chi connectivity index (χ1) is 16.5. The third kappa shape index (κ3) is 3.90. The molecule has 2 heterocycles. The molecular formula is C26H22FN5O2. The van der Waals surface area contributed by atoms with Gasteiger partial charge >= 0.3 is 0 Å². The monoisotopic (exact) mass is 455 g/mol. The Bertz CT molecular complexity index is 1550. The highest BCUT2D eigenvalue weighted by molar-refractivity contribution is 5.98. The number of nitrogens with two attached hydrogens (primary N) is 1. The Morgan fingerprint density at radius 2 is 1.74 bits per heavy atom. The number of rotatable bonds is 6. The zero-order chi connectivity index (χ0) is 23.7. The molecule has 0 aliphatic carbocycles. The van der Waals surface area contributed by atoms with Crippen LogP contribution in [-0.4, -0.2) is 28.2 Å². The first-order valence-electron chi connectivity index (χ1n) is 10.8. The molecule has 2 aromatic heterocycles. The number of halogens is 1. The van der Waals surface area contributed by atoms with Crippen molar-refractivity contribution in [2.24, 2.45) is 0 Å². The number of nitrogens with zero attached hydrogens (tertiary/aromatic N) is 3. The molecule has 0 aliphatic rings. The number of methoxy groups -OCH3 is 1. The Morgan fingerprint density at radius 1 is 1.00 bits per heavy atom. The third-order valence-corrected chi connectivity index (χ3v) is 5.69. The summed E-state index contributed by atoms with van der Waals surface area (Å²) in [5.41, 5.74) is 9.83. The summed E-state index contributed by atoms with van der Waals surface area (Å²) in [6.07, 6.45) is 0.632. The van der Waals surface area contributed by atoms with Gasteiger partial charge in [-0.25, -0.2) is 14.4 Å². The van der Waals surface area contributed by atoms with Crippen LogP contribution < -0.4 is 21.3 Å². The lowest BCUT2D eigenvalue weighted by Crippen LogP contribution is -2.09. The van der Waals surface area contributed by atoms with Crippen molar-refractivity contribution in [1.82, 2.24) is 14.5 Å². The standard InChI is InChI=1S/C26H22FN5O2/c1-34-19-12-10-18(11-13-19)32-24(28)22(29-15-14-16-6-8-17(27)9-7-16)23-25(32)30-21-5-3-2-4-20(21)26(33)31-23/h2-13,29H,14-15,28H2,1H3. The fourth-order valence-electron chi connectivity index (χ4n) is 3.95. The van der Waals surface area contributed by atoms with E-state index in [2.05, 4.69) is 10.3 Å². The lowest BCUT2D eigenvalue weighted by atomic mass is 10.1. The summed E-state index contributed by atoms with van der Waals surface area (Å²) in [5.74, 6) is 0.815. The Morgan fingerprint density at radius 3 is 2.47 bits per heavy atom. The zero-order valence-electron chi connectivity index (χ0n) is 18.5. The number of benzene rings is 3. The molecule has 0 fully saturated rings. The minimum atomic E-state index is -0.383. The van der Waals surface area contributed by atoms with Crippen LogP contribution in [0.2, 0.25) is 0 Å². The first-order valence-corrected chi connectivity index (χ1v) is 10.8. The predicted octanol–water partition coefficient (Wildman–Crippen LogP) is 4.32. The minimum Gasteiger partial charge on any atom is -0.497 e. The van der Waals surface area contributed by atoms with Crippen molar-refractivity contribution >= 4 is 33.6 Å². The fourth-order valence-corrected chi connectivity index (χ4v) is 3.95. The molecule has 5 aromatic rings. The quantitative estimate of drug-likeness (QED) is 0.396. The van der Waals surface area contributed by atoms with Gasteiger partial charge < -0.3 is 15.8 Å². The number of nitrogens with one attached hydrogen (secondary N) is 1. The maximum Gasteiger partial charge on any atom is 0.279 e. The van der Waals surface area contributed by atoms with E-state index in [9.17, 15) is 9.18 Å².